The van der Waals surface area contributed by atoms with Gasteiger partial charge in [0.25, 0.3) is 0 Å². The zero-order chi connectivity index (χ0) is 18.0. The van der Waals surface area contributed by atoms with Crippen LogP contribution >= 0.6 is 22.7 Å². The summed E-state index contributed by atoms with van der Waals surface area (Å²) in [5.74, 6) is -1.43. The van der Waals surface area contributed by atoms with Crippen molar-refractivity contribution in [2.45, 2.75) is 13.5 Å². The number of aryl methyl sites for hydroxylation is 1. The van der Waals surface area contributed by atoms with Gasteiger partial charge in [-0.15, -0.1) is 22.7 Å². The van der Waals surface area contributed by atoms with E-state index in [-0.39, 0.29) is 6.54 Å². The zero-order valence-corrected chi connectivity index (χ0v) is 14.9. The molecule has 25 heavy (non-hydrogen) atoms. The molecule has 7 nitrogen and oxygen atoms in total. The van der Waals surface area contributed by atoms with Gasteiger partial charge in [-0.1, -0.05) is 0 Å². The molecule has 0 aromatic carbocycles. The second-order valence-corrected chi connectivity index (χ2v) is 6.88. The Morgan fingerprint density at radius 1 is 1.44 bits per heavy atom. The predicted molar refractivity (Wildman–Crippen MR) is 92.1 cm³/mol. The number of nitrogens with one attached hydrogen (secondary N) is 1. The Labute approximate surface area is 150 Å². The van der Waals surface area contributed by atoms with Crippen LogP contribution in [0.1, 0.15) is 10.7 Å². The molecule has 0 saturated carbocycles. The number of carbonyl (C=O) groups excluding carboxylic acids is 1. The van der Waals surface area contributed by atoms with Crippen LogP contribution in [-0.4, -0.2) is 33.3 Å². The van der Waals surface area contributed by atoms with Crippen molar-refractivity contribution < 1.29 is 19.0 Å². The van der Waals surface area contributed by atoms with Crippen molar-refractivity contribution in [1.29, 1.82) is 0 Å². The first-order valence-electron chi connectivity index (χ1n) is 7.07. The number of thiazole rings is 2. The molecule has 0 atom stereocenters. The zero-order valence-electron chi connectivity index (χ0n) is 13.2. The minimum atomic E-state index is -0.792. The lowest BCUT2D eigenvalue weighted by Gasteiger charge is -1.99. The van der Waals surface area contributed by atoms with E-state index in [1.807, 2.05) is 12.3 Å². The van der Waals surface area contributed by atoms with E-state index in [4.69, 9.17) is 0 Å². The largest absolute Gasteiger partial charge is 0.491 e. The first-order valence-corrected chi connectivity index (χ1v) is 8.76. The molecule has 2 N–H and O–H groups in total. The maximum atomic E-state index is 13.5. The van der Waals surface area contributed by atoms with Crippen molar-refractivity contribution >= 4 is 28.8 Å². The second kappa shape index (κ2) is 7.11. The number of pyridine rings is 1. The van der Waals surface area contributed by atoms with Crippen molar-refractivity contribution in [3.05, 3.63) is 34.2 Å². The molecular weight excluding hydrogens is 367 g/mol. The van der Waals surface area contributed by atoms with Crippen molar-refractivity contribution in [3.63, 3.8) is 0 Å². The van der Waals surface area contributed by atoms with E-state index in [0.29, 0.717) is 16.3 Å². The molecule has 3 heterocycles. The van der Waals surface area contributed by atoms with Crippen LogP contribution in [-0.2, 0) is 11.3 Å². The Balaban J connectivity index is 1.83. The van der Waals surface area contributed by atoms with Gasteiger partial charge < -0.3 is 15.2 Å². The molecule has 1 amide bonds. The van der Waals surface area contributed by atoms with E-state index in [2.05, 4.69) is 25.0 Å². The molecule has 0 unspecified atom stereocenters. The summed E-state index contributed by atoms with van der Waals surface area (Å²) >= 11 is 2.75. The smallest absolute Gasteiger partial charge is 0.407 e. The number of hydrogen-bond acceptors (Lipinski definition) is 8. The molecule has 3 aromatic heterocycles. The lowest BCUT2D eigenvalue weighted by Crippen LogP contribution is -2.22. The minimum Gasteiger partial charge on any atom is -0.491 e. The first kappa shape index (κ1) is 17.2. The normalized spacial score (nSPS) is 10.7. The molecular formula is C15H13FN4O3S2. The molecule has 3 aromatic rings. The van der Waals surface area contributed by atoms with E-state index in [1.54, 1.807) is 0 Å². The van der Waals surface area contributed by atoms with Gasteiger partial charge in [-0.25, -0.2) is 24.1 Å². The van der Waals surface area contributed by atoms with Gasteiger partial charge in [0.15, 0.2) is 5.82 Å². The fourth-order valence-electron chi connectivity index (χ4n) is 2.04. The number of nitrogens with zero attached hydrogens (tertiary/aromatic N) is 3. The lowest BCUT2D eigenvalue weighted by molar-refractivity contribution is 0.170. The highest BCUT2D eigenvalue weighted by molar-refractivity contribution is 7.16. The van der Waals surface area contributed by atoms with Crippen molar-refractivity contribution in [2.75, 3.05) is 7.11 Å². The van der Waals surface area contributed by atoms with E-state index >= 15 is 0 Å². The summed E-state index contributed by atoms with van der Waals surface area (Å²) in [4.78, 5) is 24.5. The second-order valence-electron chi connectivity index (χ2n) is 4.93. The van der Waals surface area contributed by atoms with Gasteiger partial charge in [0.05, 0.1) is 29.9 Å². The Kier molecular flexibility index (Phi) is 4.91. The third-order valence-corrected chi connectivity index (χ3v) is 5.29. The molecule has 0 radical (unpaired) electrons. The highest BCUT2D eigenvalue weighted by Crippen LogP contribution is 2.34. The number of aromatic nitrogens is 3. The molecule has 0 aliphatic carbocycles. The molecule has 0 aliphatic rings. The molecule has 0 spiro atoms. The van der Waals surface area contributed by atoms with Gasteiger partial charge in [0.1, 0.15) is 10.0 Å². The highest BCUT2D eigenvalue weighted by atomic mass is 32.1. The summed E-state index contributed by atoms with van der Waals surface area (Å²) in [6.45, 7) is 2.12. The van der Waals surface area contributed by atoms with Crippen LogP contribution in [0.4, 0.5) is 9.18 Å². The number of amides is 1. The third-order valence-electron chi connectivity index (χ3n) is 3.22. The minimum absolute atomic E-state index is 0.266. The van der Waals surface area contributed by atoms with E-state index in [1.165, 1.54) is 42.0 Å². The van der Waals surface area contributed by atoms with Crippen LogP contribution in [0.3, 0.4) is 0 Å². The standard InChI is InChI=1S/C15H13FN4O3S2/c1-7-12(25-11(19-7)5-18-15(22)23-2)10-6-24-14(20-10)8-3-9(16)13(21)17-4-8/h3-4,6H,5H2,1-2H3,(H,17,21)(H,18,22). The molecule has 0 aliphatic heterocycles. The van der Waals surface area contributed by atoms with E-state index in [9.17, 15) is 14.3 Å². The van der Waals surface area contributed by atoms with Gasteiger partial charge in [-0.05, 0) is 13.0 Å². The maximum absolute atomic E-state index is 13.5. The number of carbonyl (C=O) groups is 1. The Bertz CT molecular complexity index is 925. The highest BCUT2D eigenvalue weighted by Gasteiger charge is 2.15. The fourth-order valence-corrected chi connectivity index (χ4v) is 3.88. The van der Waals surface area contributed by atoms with Gasteiger partial charge in [0.2, 0.25) is 5.88 Å². The molecule has 10 heteroatoms. The van der Waals surface area contributed by atoms with Crippen LogP contribution in [0.2, 0.25) is 0 Å². The van der Waals surface area contributed by atoms with Crippen LogP contribution in [0.5, 0.6) is 5.88 Å². The van der Waals surface area contributed by atoms with Crippen molar-refractivity contribution in [1.82, 2.24) is 20.3 Å². The Hall–Kier alpha value is -2.59. The number of hydrogen-bond donors (Lipinski definition) is 2. The maximum Gasteiger partial charge on any atom is 0.407 e. The van der Waals surface area contributed by atoms with Crippen LogP contribution in [0.25, 0.3) is 21.1 Å². The van der Waals surface area contributed by atoms with Gasteiger partial charge in [-0.3, -0.25) is 0 Å². The first-order chi connectivity index (χ1) is 12.0. The summed E-state index contributed by atoms with van der Waals surface area (Å²) in [6, 6.07) is 1.19. The number of alkyl carbamates (subject to hydrolysis) is 1. The average molecular weight is 380 g/mol. The predicted octanol–water partition coefficient (Wildman–Crippen LogP) is 3.34. The van der Waals surface area contributed by atoms with Crippen LogP contribution in [0.15, 0.2) is 17.6 Å². The Morgan fingerprint density at radius 2 is 2.24 bits per heavy atom. The van der Waals surface area contributed by atoms with Gasteiger partial charge in [0, 0.05) is 17.1 Å². The van der Waals surface area contributed by atoms with E-state index in [0.717, 1.165) is 15.6 Å². The van der Waals surface area contributed by atoms with Gasteiger partial charge in [-0.2, -0.15) is 0 Å². The topological polar surface area (TPSA) is 97.2 Å². The number of rotatable bonds is 4. The summed E-state index contributed by atoms with van der Waals surface area (Å²) in [6.07, 6.45) is 0.846. The third kappa shape index (κ3) is 3.74. The average Bonchev–Trinajstić information content (AvgIpc) is 3.21. The molecule has 0 fully saturated rings. The van der Waals surface area contributed by atoms with Crippen LogP contribution in [0, 0.1) is 12.7 Å². The molecule has 0 bridgehead atoms. The van der Waals surface area contributed by atoms with E-state index < -0.39 is 17.8 Å². The number of ether oxygens (including phenoxy) is 1. The summed E-state index contributed by atoms with van der Waals surface area (Å²) in [5.41, 5.74) is 1.99. The molecule has 130 valence electrons. The summed E-state index contributed by atoms with van der Waals surface area (Å²) in [7, 11) is 1.30. The summed E-state index contributed by atoms with van der Waals surface area (Å²) in [5, 5.41) is 14.9. The lowest BCUT2D eigenvalue weighted by atomic mass is 10.3. The molecule has 0 saturated heterocycles. The number of halogens is 1. The SMILES string of the molecule is COC(=O)NCc1nc(C)c(-c2csc(-c3cnc(O)c(F)c3)n2)s1. The number of aromatic hydroxyl groups is 1. The fraction of sp³-hybridized carbons (Fsp3) is 0.200. The van der Waals surface area contributed by atoms with Crippen LogP contribution < -0.4 is 5.32 Å². The monoisotopic (exact) mass is 380 g/mol. The van der Waals surface area contributed by atoms with Crippen molar-refractivity contribution in [2.24, 2.45) is 0 Å². The quantitative estimate of drug-likeness (QED) is 0.720. The van der Waals surface area contributed by atoms with Gasteiger partial charge >= 0.3 is 6.09 Å². The Morgan fingerprint density at radius 3 is 2.96 bits per heavy atom. The number of methoxy groups -OCH3 is 1. The molecule has 3 rings (SSSR count). The van der Waals surface area contributed by atoms with Crippen molar-refractivity contribution in [3.8, 4) is 27.0 Å². The summed E-state index contributed by atoms with van der Waals surface area (Å²) < 4.78 is 18.0.